The number of aliphatic imine (C=N–C) groups is 1. The molecule has 126 valence electrons. The first-order valence-electron chi connectivity index (χ1n) is 7.47. The van der Waals surface area contributed by atoms with E-state index in [1.807, 2.05) is 18.2 Å². The number of methoxy groups -OCH3 is 1. The summed E-state index contributed by atoms with van der Waals surface area (Å²) in [7, 11) is 3.25. The molecule has 0 fully saturated rings. The van der Waals surface area contributed by atoms with Crippen molar-refractivity contribution < 1.29 is 4.74 Å². The first kappa shape index (κ1) is 16.9. The molecule has 2 N–H and O–H groups in total. The van der Waals surface area contributed by atoms with Crippen LogP contribution in [0.1, 0.15) is 11.1 Å². The third-order valence-corrected chi connectivity index (χ3v) is 3.83. The number of hydrogen-bond acceptors (Lipinski definition) is 6. The number of nitrogens with two attached hydrogens (primary N) is 1. The lowest BCUT2D eigenvalue weighted by Gasteiger charge is -2.10. The first-order valence-corrected chi connectivity index (χ1v) is 7.85. The Kier molecular flexibility index (Phi) is 4.90. The minimum atomic E-state index is 0.411. The maximum absolute atomic E-state index is 6.36. The van der Waals surface area contributed by atoms with Crippen LogP contribution in [0.5, 0.6) is 5.88 Å². The maximum atomic E-state index is 6.36. The molecule has 3 aromatic rings. The van der Waals surface area contributed by atoms with Gasteiger partial charge in [-0.3, -0.25) is 9.98 Å². The number of fused-ring (bicyclic) bond motifs is 1. The van der Waals surface area contributed by atoms with E-state index in [2.05, 4.69) is 19.9 Å². The zero-order valence-electron chi connectivity index (χ0n) is 13.8. The molecule has 0 atom stereocenters. The normalized spacial score (nSPS) is 12.4. The summed E-state index contributed by atoms with van der Waals surface area (Å²) in [5, 5.41) is 0.411. The Labute approximate surface area is 150 Å². The smallest absolute Gasteiger partial charge is 0.212 e. The van der Waals surface area contributed by atoms with Gasteiger partial charge in [-0.05, 0) is 24.3 Å². The van der Waals surface area contributed by atoms with Crippen LogP contribution in [-0.2, 0) is 0 Å². The number of pyridine rings is 3. The molecule has 0 saturated heterocycles. The second kappa shape index (κ2) is 7.27. The minimum absolute atomic E-state index is 0.411. The van der Waals surface area contributed by atoms with Gasteiger partial charge in [-0.15, -0.1) is 0 Å². The summed E-state index contributed by atoms with van der Waals surface area (Å²) in [5.74, 6) is 0.522. The summed E-state index contributed by atoms with van der Waals surface area (Å²) in [6, 6.07) is 9.01. The molecule has 3 aromatic heterocycles. The van der Waals surface area contributed by atoms with Crippen molar-refractivity contribution in [3.05, 3.63) is 59.0 Å². The molecule has 0 spiro atoms. The van der Waals surface area contributed by atoms with Crippen molar-refractivity contribution in [1.82, 2.24) is 15.0 Å². The van der Waals surface area contributed by atoms with E-state index in [9.17, 15) is 0 Å². The molecule has 0 aromatic carbocycles. The number of allylic oxidation sites excluding steroid dienone is 1. The Morgan fingerprint density at radius 3 is 2.60 bits per heavy atom. The van der Waals surface area contributed by atoms with E-state index in [-0.39, 0.29) is 0 Å². The third kappa shape index (κ3) is 3.59. The molecule has 0 aliphatic rings. The fraction of sp³-hybridized carbons (Fsp3) is 0.111. The SMILES string of the molecule is CN=CC(=C(N)c1ccc(OC)nc1)c1cnc2ccc(Cl)nc2c1. The van der Waals surface area contributed by atoms with Crippen molar-refractivity contribution in [1.29, 1.82) is 0 Å². The summed E-state index contributed by atoms with van der Waals surface area (Å²) in [4.78, 5) is 17.0. The van der Waals surface area contributed by atoms with E-state index in [1.165, 1.54) is 0 Å². The Morgan fingerprint density at radius 1 is 1.12 bits per heavy atom. The Balaban J connectivity index is 2.13. The lowest BCUT2D eigenvalue weighted by atomic mass is 10.0. The van der Waals surface area contributed by atoms with Gasteiger partial charge in [0.15, 0.2) is 0 Å². The molecule has 0 unspecified atom stereocenters. The van der Waals surface area contributed by atoms with Crippen LogP contribution >= 0.6 is 11.6 Å². The Morgan fingerprint density at radius 2 is 1.92 bits per heavy atom. The summed E-state index contributed by atoms with van der Waals surface area (Å²) in [6.07, 6.45) is 5.08. The molecule has 0 aliphatic heterocycles. The van der Waals surface area contributed by atoms with Gasteiger partial charge in [0.1, 0.15) is 5.15 Å². The van der Waals surface area contributed by atoms with Gasteiger partial charge in [-0.2, -0.15) is 0 Å². The van der Waals surface area contributed by atoms with E-state index >= 15 is 0 Å². The molecular formula is C18H16ClN5O. The van der Waals surface area contributed by atoms with E-state index in [1.54, 1.807) is 44.9 Å². The van der Waals surface area contributed by atoms with Gasteiger partial charge in [0.2, 0.25) is 5.88 Å². The quantitative estimate of drug-likeness (QED) is 0.575. The number of aromatic nitrogens is 3. The molecule has 0 saturated carbocycles. The molecule has 0 aliphatic carbocycles. The molecular weight excluding hydrogens is 338 g/mol. The standard InChI is InChI=1S/C18H16ClN5O/c1-21-10-13(18(20)11-3-6-17(25-2)23-8-11)12-7-15-14(22-9-12)4-5-16(19)24-15/h3-10H,20H2,1-2H3. The lowest BCUT2D eigenvalue weighted by Crippen LogP contribution is -2.04. The van der Waals surface area contributed by atoms with Crippen LogP contribution in [0.4, 0.5) is 0 Å². The Hall–Kier alpha value is -2.99. The van der Waals surface area contributed by atoms with Crippen LogP contribution in [0.3, 0.4) is 0 Å². The van der Waals surface area contributed by atoms with Gasteiger partial charge in [0, 0.05) is 54.1 Å². The second-order valence-corrected chi connectivity index (χ2v) is 5.59. The highest BCUT2D eigenvalue weighted by atomic mass is 35.5. The summed E-state index contributed by atoms with van der Waals surface area (Å²) in [5.41, 5.74) is 10.6. The molecule has 7 heteroatoms. The molecule has 0 amide bonds. The largest absolute Gasteiger partial charge is 0.481 e. The fourth-order valence-corrected chi connectivity index (χ4v) is 2.53. The van der Waals surface area contributed by atoms with Crippen molar-refractivity contribution in [2.45, 2.75) is 0 Å². The highest BCUT2D eigenvalue weighted by Gasteiger charge is 2.10. The fourth-order valence-electron chi connectivity index (χ4n) is 2.37. The van der Waals surface area contributed by atoms with Gasteiger partial charge in [0.05, 0.1) is 18.1 Å². The maximum Gasteiger partial charge on any atom is 0.212 e. The van der Waals surface area contributed by atoms with Gasteiger partial charge < -0.3 is 10.5 Å². The molecule has 3 heterocycles. The average Bonchev–Trinajstić information content (AvgIpc) is 2.65. The summed E-state index contributed by atoms with van der Waals surface area (Å²) >= 11 is 5.98. The zero-order valence-corrected chi connectivity index (χ0v) is 14.5. The number of rotatable bonds is 4. The van der Waals surface area contributed by atoms with Crippen LogP contribution in [0, 0.1) is 0 Å². The summed E-state index contributed by atoms with van der Waals surface area (Å²) in [6.45, 7) is 0. The van der Waals surface area contributed by atoms with Gasteiger partial charge in [0.25, 0.3) is 0 Å². The monoisotopic (exact) mass is 353 g/mol. The highest BCUT2D eigenvalue weighted by molar-refractivity contribution is 6.29. The van der Waals surface area contributed by atoms with Crippen LogP contribution in [0.25, 0.3) is 22.3 Å². The van der Waals surface area contributed by atoms with Crippen LogP contribution < -0.4 is 10.5 Å². The predicted octanol–water partition coefficient (Wildman–Crippen LogP) is 3.21. The van der Waals surface area contributed by atoms with E-state index in [0.717, 1.165) is 22.2 Å². The topological polar surface area (TPSA) is 86.3 Å². The number of halogens is 1. The average molecular weight is 354 g/mol. The van der Waals surface area contributed by atoms with Crippen LogP contribution in [0.15, 0.2) is 47.7 Å². The van der Waals surface area contributed by atoms with Gasteiger partial charge >= 0.3 is 0 Å². The van der Waals surface area contributed by atoms with Crippen molar-refractivity contribution in [2.24, 2.45) is 10.7 Å². The highest BCUT2D eigenvalue weighted by Crippen LogP contribution is 2.24. The van der Waals surface area contributed by atoms with Gasteiger partial charge in [-0.1, -0.05) is 11.6 Å². The van der Waals surface area contributed by atoms with E-state index in [4.69, 9.17) is 22.1 Å². The molecule has 0 bridgehead atoms. The van der Waals surface area contributed by atoms with Crippen molar-refractivity contribution in [2.75, 3.05) is 14.2 Å². The molecule has 0 radical (unpaired) electrons. The number of ether oxygens (including phenoxy) is 1. The second-order valence-electron chi connectivity index (χ2n) is 5.20. The molecule has 3 rings (SSSR count). The van der Waals surface area contributed by atoms with Crippen molar-refractivity contribution >= 4 is 40.1 Å². The summed E-state index contributed by atoms with van der Waals surface area (Å²) < 4.78 is 5.08. The zero-order chi connectivity index (χ0) is 17.8. The van der Waals surface area contributed by atoms with Crippen LogP contribution in [-0.4, -0.2) is 35.3 Å². The van der Waals surface area contributed by atoms with Crippen molar-refractivity contribution in [3.8, 4) is 5.88 Å². The Bertz CT molecular complexity index is 967. The first-order chi connectivity index (χ1) is 12.1. The lowest BCUT2D eigenvalue weighted by molar-refractivity contribution is 0.398. The van der Waals surface area contributed by atoms with Gasteiger partial charge in [-0.25, -0.2) is 9.97 Å². The molecule has 6 nitrogen and oxygen atoms in total. The predicted molar refractivity (Wildman–Crippen MR) is 101 cm³/mol. The van der Waals surface area contributed by atoms with Crippen molar-refractivity contribution in [3.63, 3.8) is 0 Å². The number of hydrogen-bond donors (Lipinski definition) is 1. The third-order valence-electron chi connectivity index (χ3n) is 3.62. The number of nitrogens with zero attached hydrogens (tertiary/aromatic N) is 4. The molecule has 25 heavy (non-hydrogen) atoms. The van der Waals surface area contributed by atoms with E-state index < -0.39 is 0 Å². The van der Waals surface area contributed by atoms with E-state index in [0.29, 0.717) is 22.2 Å². The minimum Gasteiger partial charge on any atom is -0.481 e. The van der Waals surface area contributed by atoms with Crippen LogP contribution in [0.2, 0.25) is 5.15 Å².